The van der Waals surface area contributed by atoms with Crippen LogP contribution in [0, 0.1) is 6.92 Å². The smallest absolute Gasteiger partial charge is 0.0396 e. The van der Waals surface area contributed by atoms with Crippen LogP contribution in [-0.4, -0.2) is 13.1 Å². The second-order valence-corrected chi connectivity index (χ2v) is 6.44. The van der Waals surface area contributed by atoms with Gasteiger partial charge < -0.3 is 10.6 Å². The third-order valence-electron chi connectivity index (χ3n) is 4.10. The molecule has 3 rings (SSSR count). The van der Waals surface area contributed by atoms with Crippen molar-refractivity contribution in [1.82, 2.24) is 0 Å². The first-order valence-corrected chi connectivity index (χ1v) is 7.79. The summed E-state index contributed by atoms with van der Waals surface area (Å²) in [5.41, 5.74) is 10.7. The van der Waals surface area contributed by atoms with Crippen LogP contribution in [0.15, 0.2) is 46.9 Å². The first-order chi connectivity index (χ1) is 9.63. The minimum Gasteiger partial charge on any atom is -0.399 e. The molecule has 0 saturated carbocycles. The quantitative estimate of drug-likeness (QED) is 0.830. The van der Waals surface area contributed by atoms with Crippen LogP contribution in [0.4, 0.5) is 11.4 Å². The van der Waals surface area contributed by atoms with E-state index in [1.54, 1.807) is 0 Å². The van der Waals surface area contributed by atoms with E-state index in [1.165, 1.54) is 23.2 Å². The lowest BCUT2D eigenvalue weighted by Gasteiger charge is -2.21. The van der Waals surface area contributed by atoms with Crippen molar-refractivity contribution >= 4 is 27.3 Å². The number of benzene rings is 2. The van der Waals surface area contributed by atoms with Crippen molar-refractivity contribution in [3.8, 4) is 0 Å². The summed E-state index contributed by atoms with van der Waals surface area (Å²) in [5, 5.41) is 0. The molecule has 0 aliphatic carbocycles. The Kier molecular flexibility index (Phi) is 3.70. The molecule has 1 fully saturated rings. The van der Waals surface area contributed by atoms with Crippen LogP contribution in [0.2, 0.25) is 0 Å². The van der Waals surface area contributed by atoms with Crippen molar-refractivity contribution in [2.75, 3.05) is 23.7 Å². The zero-order chi connectivity index (χ0) is 14.1. The molecule has 0 aromatic heterocycles. The molecule has 0 amide bonds. The zero-order valence-electron chi connectivity index (χ0n) is 11.6. The molecule has 1 heterocycles. The van der Waals surface area contributed by atoms with Crippen LogP contribution in [0.1, 0.15) is 23.5 Å². The van der Waals surface area contributed by atoms with Crippen LogP contribution >= 0.6 is 15.9 Å². The summed E-state index contributed by atoms with van der Waals surface area (Å²) in [6, 6.07) is 14.9. The Hall–Kier alpha value is -1.48. The largest absolute Gasteiger partial charge is 0.399 e. The molecular formula is C17H19BrN2. The standard InChI is InChI=1S/C17H19BrN2/c1-12-10-15(18)4-7-17(12)20-9-8-14(11-20)13-2-5-16(19)6-3-13/h2-7,10,14H,8-9,11,19H2,1H3. The number of nitrogen functional groups attached to an aromatic ring is 1. The van der Waals surface area contributed by atoms with Gasteiger partial charge >= 0.3 is 0 Å². The molecule has 0 spiro atoms. The van der Waals surface area contributed by atoms with Crippen LogP contribution < -0.4 is 10.6 Å². The molecule has 20 heavy (non-hydrogen) atoms. The molecule has 2 N–H and O–H groups in total. The summed E-state index contributed by atoms with van der Waals surface area (Å²) in [7, 11) is 0. The van der Waals surface area contributed by atoms with Gasteiger partial charge in [-0.15, -0.1) is 0 Å². The lowest BCUT2D eigenvalue weighted by atomic mass is 9.98. The molecule has 0 radical (unpaired) electrons. The Labute approximate surface area is 128 Å². The summed E-state index contributed by atoms with van der Waals surface area (Å²) < 4.78 is 1.15. The monoisotopic (exact) mass is 330 g/mol. The summed E-state index contributed by atoms with van der Waals surface area (Å²) in [6.07, 6.45) is 1.21. The van der Waals surface area contributed by atoms with E-state index in [4.69, 9.17) is 5.73 Å². The molecule has 2 aromatic rings. The number of aryl methyl sites for hydroxylation is 1. The Balaban J connectivity index is 1.78. The maximum absolute atomic E-state index is 5.76. The van der Waals surface area contributed by atoms with E-state index in [1.807, 2.05) is 12.1 Å². The summed E-state index contributed by atoms with van der Waals surface area (Å²) in [5.74, 6) is 0.610. The molecule has 2 aromatic carbocycles. The zero-order valence-corrected chi connectivity index (χ0v) is 13.2. The average molecular weight is 331 g/mol. The highest BCUT2D eigenvalue weighted by atomic mass is 79.9. The number of anilines is 2. The van der Waals surface area contributed by atoms with Crippen LogP contribution in [0.3, 0.4) is 0 Å². The molecule has 1 aliphatic rings. The molecule has 3 heteroatoms. The highest BCUT2D eigenvalue weighted by molar-refractivity contribution is 9.10. The van der Waals surface area contributed by atoms with E-state index in [2.05, 4.69) is 58.1 Å². The van der Waals surface area contributed by atoms with Gasteiger partial charge in [0.25, 0.3) is 0 Å². The topological polar surface area (TPSA) is 29.3 Å². The van der Waals surface area contributed by atoms with Crippen molar-refractivity contribution in [2.24, 2.45) is 0 Å². The predicted molar refractivity (Wildman–Crippen MR) is 89.3 cm³/mol. The van der Waals surface area contributed by atoms with Crippen molar-refractivity contribution in [1.29, 1.82) is 0 Å². The van der Waals surface area contributed by atoms with Gasteiger partial charge in [0.05, 0.1) is 0 Å². The van der Waals surface area contributed by atoms with Gasteiger partial charge in [-0.1, -0.05) is 28.1 Å². The predicted octanol–water partition coefficient (Wildman–Crippen LogP) is 4.33. The molecule has 1 saturated heterocycles. The molecule has 1 aliphatic heterocycles. The van der Waals surface area contributed by atoms with Gasteiger partial charge in [0, 0.05) is 34.9 Å². The minimum atomic E-state index is 0.610. The molecule has 1 atom stereocenters. The van der Waals surface area contributed by atoms with Gasteiger partial charge in [-0.3, -0.25) is 0 Å². The SMILES string of the molecule is Cc1cc(Br)ccc1N1CCC(c2ccc(N)cc2)C1. The summed E-state index contributed by atoms with van der Waals surface area (Å²) in [4.78, 5) is 2.49. The second-order valence-electron chi connectivity index (χ2n) is 5.53. The van der Waals surface area contributed by atoms with Gasteiger partial charge in [-0.25, -0.2) is 0 Å². The lowest BCUT2D eigenvalue weighted by molar-refractivity contribution is 0.775. The maximum atomic E-state index is 5.76. The van der Waals surface area contributed by atoms with Crippen LogP contribution in [-0.2, 0) is 0 Å². The second kappa shape index (κ2) is 5.49. The Morgan fingerprint density at radius 2 is 1.90 bits per heavy atom. The van der Waals surface area contributed by atoms with Crippen molar-refractivity contribution < 1.29 is 0 Å². The fraction of sp³-hybridized carbons (Fsp3) is 0.294. The molecule has 104 valence electrons. The van der Waals surface area contributed by atoms with Crippen LogP contribution in [0.5, 0.6) is 0 Å². The van der Waals surface area contributed by atoms with Gasteiger partial charge in [0.1, 0.15) is 0 Å². The first kappa shape index (κ1) is 13.5. The number of nitrogens with two attached hydrogens (primary N) is 1. The Bertz CT molecular complexity index is 607. The third kappa shape index (κ3) is 2.68. The van der Waals surface area contributed by atoms with Gasteiger partial charge in [0.2, 0.25) is 0 Å². The van der Waals surface area contributed by atoms with Crippen molar-refractivity contribution in [3.05, 3.63) is 58.1 Å². The average Bonchev–Trinajstić information content (AvgIpc) is 2.89. The fourth-order valence-electron chi connectivity index (χ4n) is 2.99. The van der Waals surface area contributed by atoms with Crippen molar-refractivity contribution in [3.63, 3.8) is 0 Å². The highest BCUT2D eigenvalue weighted by Gasteiger charge is 2.24. The molecule has 0 bridgehead atoms. The highest BCUT2D eigenvalue weighted by Crippen LogP contribution is 2.33. The number of nitrogens with zero attached hydrogens (tertiary/aromatic N) is 1. The lowest BCUT2D eigenvalue weighted by Crippen LogP contribution is -2.20. The van der Waals surface area contributed by atoms with Crippen LogP contribution in [0.25, 0.3) is 0 Å². The van der Waals surface area contributed by atoms with Gasteiger partial charge in [-0.05, 0) is 54.8 Å². The summed E-state index contributed by atoms with van der Waals surface area (Å²) in [6.45, 7) is 4.39. The van der Waals surface area contributed by atoms with Gasteiger partial charge in [0.15, 0.2) is 0 Å². The maximum Gasteiger partial charge on any atom is 0.0396 e. The summed E-state index contributed by atoms with van der Waals surface area (Å²) >= 11 is 3.53. The van der Waals surface area contributed by atoms with E-state index in [0.29, 0.717) is 5.92 Å². The number of rotatable bonds is 2. The normalized spacial score (nSPS) is 18.5. The Morgan fingerprint density at radius 3 is 2.60 bits per heavy atom. The Morgan fingerprint density at radius 1 is 1.15 bits per heavy atom. The minimum absolute atomic E-state index is 0.610. The number of hydrogen-bond donors (Lipinski definition) is 1. The fourth-order valence-corrected chi connectivity index (χ4v) is 3.47. The van der Waals surface area contributed by atoms with E-state index in [0.717, 1.165) is 23.2 Å². The molecular weight excluding hydrogens is 312 g/mol. The third-order valence-corrected chi connectivity index (χ3v) is 4.59. The van der Waals surface area contributed by atoms with Gasteiger partial charge in [-0.2, -0.15) is 0 Å². The number of hydrogen-bond acceptors (Lipinski definition) is 2. The van der Waals surface area contributed by atoms with Crippen molar-refractivity contribution in [2.45, 2.75) is 19.3 Å². The molecule has 2 nitrogen and oxygen atoms in total. The van der Waals surface area contributed by atoms with E-state index in [9.17, 15) is 0 Å². The van der Waals surface area contributed by atoms with E-state index in [-0.39, 0.29) is 0 Å². The van der Waals surface area contributed by atoms with E-state index >= 15 is 0 Å². The first-order valence-electron chi connectivity index (χ1n) is 7.00. The molecule has 1 unspecified atom stereocenters. The number of halogens is 1. The van der Waals surface area contributed by atoms with E-state index < -0.39 is 0 Å².